The van der Waals surface area contributed by atoms with Gasteiger partial charge in [-0.25, -0.2) is 0 Å². The van der Waals surface area contributed by atoms with Gasteiger partial charge in [-0.05, 0) is 60.6 Å². The molecule has 2 aromatic carbocycles. The van der Waals surface area contributed by atoms with E-state index in [9.17, 15) is 9.90 Å². The fraction of sp³-hybridized carbons (Fsp3) is 0.286. The summed E-state index contributed by atoms with van der Waals surface area (Å²) in [6, 6.07) is 12.4. The van der Waals surface area contributed by atoms with Crippen molar-refractivity contribution in [2.75, 3.05) is 0 Å². The number of H-pyrrole nitrogens is 1. The number of amides is 1. The van der Waals surface area contributed by atoms with Gasteiger partial charge >= 0.3 is 0 Å². The summed E-state index contributed by atoms with van der Waals surface area (Å²) in [6.45, 7) is 0. The number of nitriles is 1. The number of nitrogens with one attached hydrogen (secondary N) is 2. The maximum Gasteiger partial charge on any atom is 0.251 e. The molecule has 3 N–H and O–H groups in total. The Labute approximate surface area is 166 Å². The minimum absolute atomic E-state index is 0.0533. The van der Waals surface area contributed by atoms with Crippen molar-refractivity contribution in [2.24, 2.45) is 11.8 Å². The second-order valence-corrected chi connectivity index (χ2v) is 8.18. The Morgan fingerprint density at radius 1 is 1.32 bits per heavy atom. The van der Waals surface area contributed by atoms with Gasteiger partial charge in [0, 0.05) is 22.0 Å². The molecule has 1 amide bonds. The van der Waals surface area contributed by atoms with E-state index in [1.54, 1.807) is 36.5 Å². The molecule has 2 unspecified atom stereocenters. The number of benzene rings is 2. The van der Waals surface area contributed by atoms with Gasteiger partial charge < -0.3 is 10.4 Å². The number of aromatic amines is 1. The summed E-state index contributed by atoms with van der Waals surface area (Å²) in [7, 11) is 0. The molecule has 0 bridgehead atoms. The van der Waals surface area contributed by atoms with Gasteiger partial charge in [0.05, 0.1) is 28.9 Å². The van der Waals surface area contributed by atoms with Crippen LogP contribution in [0.2, 0.25) is 5.02 Å². The number of nitrogens with zero attached hydrogens (tertiary/aromatic N) is 2. The van der Waals surface area contributed by atoms with E-state index in [4.69, 9.17) is 16.9 Å². The number of hydrogen-bond acceptors (Lipinski definition) is 4. The van der Waals surface area contributed by atoms with E-state index < -0.39 is 5.60 Å². The van der Waals surface area contributed by atoms with E-state index in [-0.39, 0.29) is 23.8 Å². The molecule has 0 radical (unpaired) electrons. The molecule has 2 aliphatic carbocycles. The standard InChI is InChI=1S/C21H17ClN4O2/c22-13-5-17(16-10-24-26-18(16)6-13)21(28)7-14-15(8-21)19(14)25-20(27)12-3-1-2-11(4-12)9-23/h1-6,10,14-15,19,28H,7-8H2,(H,24,26)(H,25,27)/t14-,15+,19?,21?. The summed E-state index contributed by atoms with van der Waals surface area (Å²) in [5.41, 5.74) is 1.57. The zero-order chi connectivity index (χ0) is 19.5. The molecule has 6 nitrogen and oxygen atoms in total. The average Bonchev–Trinajstić information content (AvgIpc) is 3.06. The summed E-state index contributed by atoms with van der Waals surface area (Å²) in [4.78, 5) is 12.5. The number of halogens is 1. The molecule has 4 atom stereocenters. The number of fused-ring (bicyclic) bond motifs is 2. The Morgan fingerprint density at radius 2 is 2.11 bits per heavy atom. The molecule has 0 aliphatic heterocycles. The number of aliphatic hydroxyl groups is 1. The van der Waals surface area contributed by atoms with Crippen LogP contribution in [0.25, 0.3) is 10.9 Å². The molecule has 3 aromatic rings. The molecule has 1 aromatic heterocycles. The van der Waals surface area contributed by atoms with Gasteiger partial charge in [-0.3, -0.25) is 9.89 Å². The maximum absolute atomic E-state index is 12.5. The Kier molecular flexibility index (Phi) is 3.73. The first-order valence-electron chi connectivity index (χ1n) is 9.15. The van der Waals surface area contributed by atoms with Gasteiger partial charge in [-0.15, -0.1) is 0 Å². The molecule has 2 saturated carbocycles. The quantitative estimate of drug-likeness (QED) is 0.637. The van der Waals surface area contributed by atoms with E-state index in [2.05, 4.69) is 15.5 Å². The van der Waals surface area contributed by atoms with Crippen molar-refractivity contribution in [1.29, 1.82) is 5.26 Å². The minimum atomic E-state index is -0.968. The van der Waals surface area contributed by atoms with Gasteiger partial charge in [0.2, 0.25) is 0 Å². The largest absolute Gasteiger partial charge is 0.385 e. The van der Waals surface area contributed by atoms with Crippen LogP contribution < -0.4 is 5.32 Å². The van der Waals surface area contributed by atoms with Crippen molar-refractivity contribution in [1.82, 2.24) is 15.5 Å². The lowest BCUT2D eigenvalue weighted by Gasteiger charge is -2.27. The fourth-order valence-corrected chi connectivity index (χ4v) is 4.88. The van der Waals surface area contributed by atoms with Crippen LogP contribution in [0.4, 0.5) is 0 Å². The van der Waals surface area contributed by atoms with Crippen molar-refractivity contribution >= 4 is 28.4 Å². The second-order valence-electron chi connectivity index (χ2n) is 7.74. The van der Waals surface area contributed by atoms with Crippen LogP contribution in [0.1, 0.15) is 34.3 Å². The molecule has 2 aliphatic rings. The smallest absolute Gasteiger partial charge is 0.251 e. The Bertz CT molecular complexity index is 1140. The Balaban J connectivity index is 1.32. The monoisotopic (exact) mass is 392 g/mol. The third-order valence-electron chi connectivity index (χ3n) is 6.05. The number of carbonyl (C=O) groups excluding carboxylic acids is 1. The lowest BCUT2D eigenvalue weighted by atomic mass is 9.86. The van der Waals surface area contributed by atoms with Crippen LogP contribution in [0.15, 0.2) is 42.6 Å². The third kappa shape index (κ3) is 2.67. The van der Waals surface area contributed by atoms with Crippen LogP contribution >= 0.6 is 11.6 Å². The summed E-state index contributed by atoms with van der Waals surface area (Å²) in [5, 5.41) is 31.7. The first-order chi connectivity index (χ1) is 13.5. The van der Waals surface area contributed by atoms with Crippen LogP contribution in [0, 0.1) is 23.2 Å². The summed E-state index contributed by atoms with van der Waals surface area (Å²) < 4.78 is 0. The molecule has 140 valence electrons. The molecule has 1 heterocycles. The van der Waals surface area contributed by atoms with Crippen molar-refractivity contribution in [3.63, 3.8) is 0 Å². The van der Waals surface area contributed by atoms with Gasteiger partial charge in [0.1, 0.15) is 0 Å². The predicted molar refractivity (Wildman–Crippen MR) is 104 cm³/mol. The van der Waals surface area contributed by atoms with E-state index in [1.165, 1.54) is 0 Å². The number of hydrogen-bond donors (Lipinski definition) is 3. The highest BCUT2D eigenvalue weighted by Crippen LogP contribution is 2.60. The Morgan fingerprint density at radius 3 is 2.86 bits per heavy atom. The molecule has 0 spiro atoms. The lowest BCUT2D eigenvalue weighted by Crippen LogP contribution is -2.33. The molecular weight excluding hydrogens is 376 g/mol. The van der Waals surface area contributed by atoms with E-state index >= 15 is 0 Å². The van der Waals surface area contributed by atoms with Crippen LogP contribution in [-0.2, 0) is 5.60 Å². The van der Waals surface area contributed by atoms with Crippen LogP contribution in [0.3, 0.4) is 0 Å². The SMILES string of the molecule is N#Cc1cccc(C(=O)NC2[C@H]3CC(O)(c4cc(Cl)cc5[nH]ncc45)C[C@@H]23)c1. The maximum atomic E-state index is 12.5. The first-order valence-corrected chi connectivity index (χ1v) is 9.53. The van der Waals surface area contributed by atoms with E-state index in [0.29, 0.717) is 29.0 Å². The van der Waals surface area contributed by atoms with Crippen LogP contribution in [-0.4, -0.2) is 27.3 Å². The summed E-state index contributed by atoms with van der Waals surface area (Å²) in [5.74, 6) is 0.281. The predicted octanol–water partition coefficient (Wildman–Crippen LogP) is 3.11. The van der Waals surface area contributed by atoms with Crippen LogP contribution in [0.5, 0.6) is 0 Å². The summed E-state index contributed by atoms with van der Waals surface area (Å²) >= 11 is 6.22. The number of carbonyl (C=O) groups is 1. The zero-order valence-corrected chi connectivity index (χ0v) is 15.6. The highest BCUT2D eigenvalue weighted by Gasteiger charge is 2.62. The van der Waals surface area contributed by atoms with Crippen molar-refractivity contribution in [3.05, 3.63) is 64.3 Å². The van der Waals surface area contributed by atoms with Gasteiger partial charge in [-0.2, -0.15) is 10.4 Å². The zero-order valence-electron chi connectivity index (χ0n) is 14.8. The van der Waals surface area contributed by atoms with Crippen molar-refractivity contribution in [2.45, 2.75) is 24.5 Å². The average molecular weight is 393 g/mol. The fourth-order valence-electron chi connectivity index (χ4n) is 4.66. The highest BCUT2D eigenvalue weighted by atomic mass is 35.5. The molecule has 5 rings (SSSR count). The first kappa shape index (κ1) is 17.2. The summed E-state index contributed by atoms with van der Waals surface area (Å²) in [6.07, 6.45) is 2.85. The van der Waals surface area contributed by atoms with E-state index in [1.807, 2.05) is 12.1 Å². The second kappa shape index (κ2) is 6.06. The highest BCUT2D eigenvalue weighted by molar-refractivity contribution is 6.31. The van der Waals surface area contributed by atoms with Gasteiger partial charge in [-0.1, -0.05) is 17.7 Å². The normalized spacial score (nSPS) is 28.0. The molecule has 7 heteroatoms. The van der Waals surface area contributed by atoms with Crippen molar-refractivity contribution < 1.29 is 9.90 Å². The number of aromatic nitrogens is 2. The van der Waals surface area contributed by atoms with Crippen molar-refractivity contribution in [3.8, 4) is 6.07 Å². The van der Waals surface area contributed by atoms with Gasteiger partial charge in [0.25, 0.3) is 5.91 Å². The molecule has 28 heavy (non-hydrogen) atoms. The molecule has 0 saturated heterocycles. The molecular formula is C21H17ClN4O2. The van der Waals surface area contributed by atoms with Gasteiger partial charge in [0.15, 0.2) is 0 Å². The third-order valence-corrected chi connectivity index (χ3v) is 6.27. The van der Waals surface area contributed by atoms with E-state index in [0.717, 1.165) is 16.5 Å². The number of rotatable bonds is 3. The lowest BCUT2D eigenvalue weighted by molar-refractivity contribution is 0.0293. The minimum Gasteiger partial charge on any atom is -0.385 e. The topological polar surface area (TPSA) is 102 Å². The Hall–Kier alpha value is -2.88. The molecule has 2 fully saturated rings.